The van der Waals surface area contributed by atoms with Crippen LogP contribution >= 0.6 is 0 Å². The molecule has 0 radical (unpaired) electrons. The molecular weight excluding hydrogens is 692 g/mol. The SMILES string of the molecule is COc1cc(C(=O)OC[C@H]2OC[C@H](OC(=O)c3cc(OC)c(OC)c(OC(=O)c4cc(OC)c(OC)c(OC)c4)c3)[C@@H](O)[C@@H]2O)cc(OC)c1OC. The summed E-state index contributed by atoms with van der Waals surface area (Å²) in [5.41, 5.74) is -0.0762. The molecule has 3 aromatic rings. The topological polar surface area (TPSA) is 202 Å². The highest BCUT2D eigenvalue weighted by molar-refractivity contribution is 5.95. The van der Waals surface area contributed by atoms with E-state index in [-0.39, 0.29) is 75.0 Å². The molecular formula is C35H40O17. The van der Waals surface area contributed by atoms with Gasteiger partial charge in [0.25, 0.3) is 0 Å². The van der Waals surface area contributed by atoms with Crippen LogP contribution in [-0.4, -0.2) is 123 Å². The van der Waals surface area contributed by atoms with Gasteiger partial charge in [-0.1, -0.05) is 0 Å². The summed E-state index contributed by atoms with van der Waals surface area (Å²) in [5.74, 6) is -1.49. The molecule has 0 spiro atoms. The molecule has 52 heavy (non-hydrogen) atoms. The molecule has 1 fully saturated rings. The van der Waals surface area contributed by atoms with E-state index in [1.807, 2.05) is 0 Å². The predicted octanol–water partition coefficient (Wildman–Crippen LogP) is 2.48. The number of methoxy groups -OCH3 is 8. The minimum atomic E-state index is -1.64. The summed E-state index contributed by atoms with van der Waals surface area (Å²) in [6.07, 6.45) is -5.78. The number of carbonyl (C=O) groups is 3. The molecule has 0 saturated carbocycles. The van der Waals surface area contributed by atoms with Gasteiger partial charge in [-0.3, -0.25) is 0 Å². The van der Waals surface area contributed by atoms with Crippen LogP contribution in [0.15, 0.2) is 36.4 Å². The molecule has 4 rings (SSSR count). The van der Waals surface area contributed by atoms with Crippen LogP contribution in [0.1, 0.15) is 31.1 Å². The maximum atomic E-state index is 13.3. The molecule has 1 aliphatic heterocycles. The number of carbonyl (C=O) groups excluding carboxylic acids is 3. The third-order valence-electron chi connectivity index (χ3n) is 7.91. The Bertz CT molecular complexity index is 1710. The molecule has 1 saturated heterocycles. The number of ether oxygens (including phenoxy) is 12. The molecule has 282 valence electrons. The highest BCUT2D eigenvalue weighted by atomic mass is 16.6. The van der Waals surface area contributed by atoms with Gasteiger partial charge in [-0.2, -0.15) is 0 Å². The number of benzene rings is 3. The van der Waals surface area contributed by atoms with E-state index in [9.17, 15) is 24.6 Å². The summed E-state index contributed by atoms with van der Waals surface area (Å²) in [4.78, 5) is 39.4. The van der Waals surface area contributed by atoms with Crippen LogP contribution < -0.4 is 42.6 Å². The van der Waals surface area contributed by atoms with Crippen molar-refractivity contribution in [3.8, 4) is 51.7 Å². The van der Waals surface area contributed by atoms with Gasteiger partial charge in [-0.05, 0) is 36.4 Å². The molecule has 17 heteroatoms. The fraction of sp³-hybridized carbons (Fsp3) is 0.400. The van der Waals surface area contributed by atoms with Gasteiger partial charge in [-0.25, -0.2) is 14.4 Å². The monoisotopic (exact) mass is 732 g/mol. The zero-order chi connectivity index (χ0) is 38.1. The second-order valence-electron chi connectivity index (χ2n) is 10.8. The minimum absolute atomic E-state index is 0.0131. The Kier molecular flexibility index (Phi) is 13.2. The number of hydrogen-bond donors (Lipinski definition) is 2. The molecule has 3 aromatic carbocycles. The lowest BCUT2D eigenvalue weighted by Crippen LogP contribution is -2.55. The molecule has 0 unspecified atom stereocenters. The van der Waals surface area contributed by atoms with Gasteiger partial charge in [0.1, 0.15) is 24.9 Å². The highest BCUT2D eigenvalue weighted by Crippen LogP contribution is 2.42. The Labute approximate surface area is 298 Å². The average molecular weight is 733 g/mol. The van der Waals surface area contributed by atoms with E-state index >= 15 is 0 Å². The first-order valence-corrected chi connectivity index (χ1v) is 15.4. The molecule has 0 bridgehead atoms. The molecule has 1 heterocycles. The van der Waals surface area contributed by atoms with Crippen LogP contribution in [0.5, 0.6) is 51.7 Å². The van der Waals surface area contributed by atoms with Crippen molar-refractivity contribution in [2.75, 3.05) is 70.1 Å². The van der Waals surface area contributed by atoms with E-state index in [0.29, 0.717) is 0 Å². The minimum Gasteiger partial charge on any atom is -0.493 e. The van der Waals surface area contributed by atoms with Crippen molar-refractivity contribution < 1.29 is 81.4 Å². The molecule has 0 aliphatic carbocycles. The summed E-state index contributed by atoms with van der Waals surface area (Å²) >= 11 is 0. The molecule has 2 N–H and O–H groups in total. The third kappa shape index (κ3) is 8.28. The van der Waals surface area contributed by atoms with E-state index in [2.05, 4.69) is 0 Å². The zero-order valence-corrected chi connectivity index (χ0v) is 29.7. The maximum Gasteiger partial charge on any atom is 0.343 e. The number of aliphatic hydroxyl groups excluding tert-OH is 2. The van der Waals surface area contributed by atoms with Crippen LogP contribution in [-0.2, 0) is 14.2 Å². The van der Waals surface area contributed by atoms with Crippen LogP contribution in [0, 0.1) is 0 Å². The lowest BCUT2D eigenvalue weighted by Gasteiger charge is -2.36. The Balaban J connectivity index is 1.46. The summed E-state index contributed by atoms with van der Waals surface area (Å²) in [6, 6.07) is 7.99. The Hall–Kier alpha value is -5.65. The Morgan fingerprint density at radius 3 is 1.37 bits per heavy atom. The van der Waals surface area contributed by atoms with Gasteiger partial charge in [0.05, 0.1) is 80.2 Å². The zero-order valence-electron chi connectivity index (χ0n) is 29.7. The smallest absolute Gasteiger partial charge is 0.343 e. The first-order chi connectivity index (χ1) is 25.0. The van der Waals surface area contributed by atoms with Crippen LogP contribution in [0.2, 0.25) is 0 Å². The molecule has 0 amide bonds. The van der Waals surface area contributed by atoms with Crippen LogP contribution in [0.4, 0.5) is 0 Å². The van der Waals surface area contributed by atoms with Crippen molar-refractivity contribution in [3.05, 3.63) is 53.1 Å². The number of rotatable bonds is 15. The first-order valence-electron chi connectivity index (χ1n) is 15.4. The van der Waals surface area contributed by atoms with Crippen molar-refractivity contribution in [2.24, 2.45) is 0 Å². The van der Waals surface area contributed by atoms with E-state index in [1.54, 1.807) is 0 Å². The maximum absolute atomic E-state index is 13.3. The predicted molar refractivity (Wildman–Crippen MR) is 178 cm³/mol. The molecule has 4 atom stereocenters. The fourth-order valence-electron chi connectivity index (χ4n) is 5.23. The van der Waals surface area contributed by atoms with Gasteiger partial charge in [0, 0.05) is 0 Å². The van der Waals surface area contributed by atoms with Crippen LogP contribution in [0.25, 0.3) is 0 Å². The van der Waals surface area contributed by atoms with Gasteiger partial charge in [-0.15, -0.1) is 0 Å². The van der Waals surface area contributed by atoms with Crippen molar-refractivity contribution >= 4 is 17.9 Å². The molecule has 17 nitrogen and oxygen atoms in total. The highest BCUT2D eigenvalue weighted by Gasteiger charge is 2.41. The normalized spacial score (nSPS) is 18.0. The summed E-state index contributed by atoms with van der Waals surface area (Å²) in [6.45, 7) is -0.822. The van der Waals surface area contributed by atoms with E-state index in [4.69, 9.17) is 56.8 Å². The van der Waals surface area contributed by atoms with E-state index in [1.165, 1.54) is 93.3 Å². The van der Waals surface area contributed by atoms with Gasteiger partial charge in [0.15, 0.2) is 40.6 Å². The quantitative estimate of drug-likeness (QED) is 0.170. The van der Waals surface area contributed by atoms with Crippen molar-refractivity contribution in [1.29, 1.82) is 0 Å². The van der Waals surface area contributed by atoms with Crippen molar-refractivity contribution in [3.63, 3.8) is 0 Å². The van der Waals surface area contributed by atoms with Crippen molar-refractivity contribution in [1.82, 2.24) is 0 Å². The Morgan fingerprint density at radius 1 is 0.558 bits per heavy atom. The van der Waals surface area contributed by atoms with E-state index in [0.717, 1.165) is 0 Å². The lowest BCUT2D eigenvalue weighted by molar-refractivity contribution is -0.196. The number of hydrogen-bond acceptors (Lipinski definition) is 17. The van der Waals surface area contributed by atoms with Gasteiger partial charge < -0.3 is 67.1 Å². The summed E-state index contributed by atoms with van der Waals surface area (Å²) in [5, 5.41) is 21.6. The second-order valence-corrected chi connectivity index (χ2v) is 10.8. The molecule has 0 aromatic heterocycles. The second kappa shape index (κ2) is 17.5. The number of aliphatic hydroxyl groups is 2. The van der Waals surface area contributed by atoms with E-state index < -0.39 is 48.9 Å². The first kappa shape index (κ1) is 39.1. The standard InChI is InChI=1S/C35H40O17/c1-41-20-9-17(10-21(42-2)30(20)46-6)33(38)50-15-26-28(36)29(37)27(16-49-26)52-35(40)19-13-24(45-5)32(48-8)25(14-19)51-34(39)18-11-22(43-3)31(47-7)23(12-18)44-4/h9-14,26-29,36-37H,15-16H2,1-8H3/t26-,27+,28-,29-/m1/s1. The average Bonchev–Trinajstić information content (AvgIpc) is 3.17. The fourth-order valence-corrected chi connectivity index (χ4v) is 5.23. The lowest BCUT2D eigenvalue weighted by atomic mass is 10.0. The Morgan fingerprint density at radius 2 is 0.942 bits per heavy atom. The third-order valence-corrected chi connectivity index (χ3v) is 7.91. The summed E-state index contributed by atoms with van der Waals surface area (Å²) < 4.78 is 64.5. The van der Waals surface area contributed by atoms with Gasteiger partial charge in [0.2, 0.25) is 17.2 Å². The van der Waals surface area contributed by atoms with Gasteiger partial charge >= 0.3 is 17.9 Å². The largest absolute Gasteiger partial charge is 0.493 e. The molecule has 1 aliphatic rings. The van der Waals surface area contributed by atoms with Crippen LogP contribution in [0.3, 0.4) is 0 Å². The van der Waals surface area contributed by atoms with Crippen molar-refractivity contribution in [2.45, 2.75) is 24.4 Å². The number of esters is 3. The summed E-state index contributed by atoms with van der Waals surface area (Å²) in [7, 11) is 11.0.